The van der Waals surface area contributed by atoms with Crippen LogP contribution >= 0.6 is 0 Å². The fourth-order valence-corrected chi connectivity index (χ4v) is 9.92. The van der Waals surface area contributed by atoms with Crippen molar-refractivity contribution in [2.24, 2.45) is 5.92 Å². The molecule has 4 heteroatoms. The Labute approximate surface area is 237 Å². The fourth-order valence-electron chi connectivity index (χ4n) is 5.20. The number of rotatable bonds is 13. The monoisotopic (exact) mass is 539 g/mol. The molecule has 0 saturated carbocycles. The van der Waals surface area contributed by atoms with Gasteiger partial charge in [0.05, 0.1) is 11.8 Å². The van der Waals surface area contributed by atoms with Crippen LogP contribution in [0.25, 0.3) is 6.08 Å². The maximum Gasteiger partial charge on any atom is 0.261 e. The van der Waals surface area contributed by atoms with E-state index in [2.05, 4.69) is 112 Å². The maximum absolute atomic E-state index is 11.0. The van der Waals surface area contributed by atoms with Gasteiger partial charge in [-0.3, -0.25) is 4.98 Å². The Hall–Kier alpha value is -3.08. The molecular weight excluding hydrogens is 494 g/mol. The molecule has 0 bridgehead atoms. The third-order valence-electron chi connectivity index (χ3n) is 7.45. The van der Waals surface area contributed by atoms with Crippen LogP contribution in [0, 0.1) is 5.92 Å². The summed E-state index contributed by atoms with van der Waals surface area (Å²) in [5.74, 6) is 0.118. The minimum atomic E-state index is -2.74. The van der Waals surface area contributed by atoms with Crippen molar-refractivity contribution < 1.29 is 9.22 Å². The Bertz CT molecular complexity index is 1170. The Morgan fingerprint density at radius 3 is 2.03 bits per heavy atom. The Morgan fingerprint density at radius 1 is 0.923 bits per heavy atom. The molecule has 0 saturated heterocycles. The average Bonchev–Trinajstić information content (AvgIpc) is 2.94. The molecule has 0 spiro atoms. The van der Waals surface area contributed by atoms with Gasteiger partial charge < -0.3 is 9.22 Å². The number of carbonyl (C=O) groups excluding carboxylic acids is 1. The third-order valence-corrected chi connectivity index (χ3v) is 12.5. The molecule has 3 nitrogen and oxygen atoms in total. The lowest BCUT2D eigenvalue weighted by Crippen LogP contribution is -2.67. The van der Waals surface area contributed by atoms with E-state index in [0.29, 0.717) is 0 Å². The Kier molecular flexibility index (Phi) is 11.2. The highest BCUT2D eigenvalue weighted by Crippen LogP contribution is 2.39. The molecule has 2 aromatic carbocycles. The number of hydrogen-bond donors (Lipinski definition) is 0. The number of hydrogen-bond acceptors (Lipinski definition) is 3. The normalized spacial score (nSPS) is 14.6. The fraction of sp³-hybridized carbons (Fsp3) is 0.371. The summed E-state index contributed by atoms with van der Waals surface area (Å²) < 4.78 is 7.57. The summed E-state index contributed by atoms with van der Waals surface area (Å²) in [5.41, 5.74) is 3.45. The van der Waals surface area contributed by atoms with Gasteiger partial charge in [0.25, 0.3) is 8.32 Å². The first kappa shape index (κ1) is 30.5. The Morgan fingerprint density at radius 2 is 1.51 bits per heavy atom. The molecule has 1 heterocycles. The number of nitrogens with zero attached hydrogens (tertiary/aromatic N) is 1. The maximum atomic E-state index is 11.0. The summed E-state index contributed by atoms with van der Waals surface area (Å²) in [6.45, 7) is 13.3. The minimum Gasteiger partial charge on any atom is -0.400 e. The summed E-state index contributed by atoms with van der Waals surface area (Å²) in [6.07, 6.45) is 11.0. The van der Waals surface area contributed by atoms with Crippen molar-refractivity contribution in [3.05, 3.63) is 108 Å². The van der Waals surface area contributed by atoms with Crippen LogP contribution in [-0.4, -0.2) is 25.7 Å². The predicted octanol–water partition coefficient (Wildman–Crippen LogP) is 7.77. The molecule has 3 aromatic rings. The molecule has 1 aromatic heterocycles. The summed E-state index contributed by atoms with van der Waals surface area (Å²) >= 11 is 0. The largest absolute Gasteiger partial charge is 0.400 e. The topological polar surface area (TPSA) is 39.2 Å². The van der Waals surface area contributed by atoms with Crippen LogP contribution in [0.15, 0.2) is 102 Å². The molecule has 0 N–H and O–H groups in total. The van der Waals surface area contributed by atoms with Crippen molar-refractivity contribution in [2.75, 3.05) is 0 Å². The van der Waals surface area contributed by atoms with Gasteiger partial charge in [-0.2, -0.15) is 0 Å². The number of aromatic nitrogens is 1. The van der Waals surface area contributed by atoms with Gasteiger partial charge in [-0.1, -0.05) is 106 Å². The highest BCUT2D eigenvalue weighted by atomic mass is 28.4. The molecule has 0 aliphatic heterocycles. The second-order valence-corrected chi connectivity index (χ2v) is 16.0. The van der Waals surface area contributed by atoms with Crippen LogP contribution < -0.4 is 10.4 Å². The van der Waals surface area contributed by atoms with E-state index in [1.54, 1.807) is 0 Å². The zero-order chi connectivity index (χ0) is 28.3. The van der Waals surface area contributed by atoms with Gasteiger partial charge >= 0.3 is 0 Å². The molecule has 206 valence electrons. The first-order chi connectivity index (χ1) is 18.7. The lowest BCUT2D eigenvalue weighted by molar-refractivity contribution is -0.110. The minimum absolute atomic E-state index is 0.108. The lowest BCUT2D eigenvalue weighted by atomic mass is 10.0. The van der Waals surface area contributed by atoms with Crippen LogP contribution in [-0.2, 0) is 9.22 Å². The van der Waals surface area contributed by atoms with Crippen molar-refractivity contribution in [2.45, 2.75) is 78.4 Å². The molecule has 0 amide bonds. The molecule has 3 rings (SSSR count). The van der Waals surface area contributed by atoms with E-state index in [-0.39, 0.29) is 17.1 Å². The predicted molar refractivity (Wildman–Crippen MR) is 168 cm³/mol. The van der Waals surface area contributed by atoms with Crippen LogP contribution in [0.2, 0.25) is 5.04 Å². The van der Waals surface area contributed by atoms with Gasteiger partial charge in [-0.25, -0.2) is 0 Å². The van der Waals surface area contributed by atoms with E-state index in [4.69, 9.17) is 4.43 Å². The van der Waals surface area contributed by atoms with Gasteiger partial charge in [0, 0.05) is 12.1 Å². The van der Waals surface area contributed by atoms with Gasteiger partial charge in [-0.05, 0) is 78.7 Å². The summed E-state index contributed by atoms with van der Waals surface area (Å²) in [4.78, 5) is 15.6. The van der Waals surface area contributed by atoms with Crippen molar-refractivity contribution in [3.63, 3.8) is 0 Å². The first-order valence-electron chi connectivity index (χ1n) is 14.2. The smallest absolute Gasteiger partial charge is 0.261 e. The summed E-state index contributed by atoms with van der Waals surface area (Å²) in [6, 6.07) is 27.7. The van der Waals surface area contributed by atoms with Crippen LogP contribution in [0.1, 0.15) is 72.9 Å². The van der Waals surface area contributed by atoms with Crippen LogP contribution in [0.4, 0.5) is 0 Å². The summed E-state index contributed by atoms with van der Waals surface area (Å²) in [5, 5.41) is 2.45. The standard InChI is InChI=1S/C35H45NO2Si/c1-28(16-15-17-29(2)27-37)23-24-34(30(3)26-31-18-13-14-25-36-31)38-39(35(4,5)6,32-19-9-7-10-20-32)33-21-11-8-12-22-33/h7-14,18-23,25-27,29,34H,15-17,24H2,1-6H3. The van der Waals surface area contributed by atoms with E-state index >= 15 is 0 Å². The van der Waals surface area contributed by atoms with Gasteiger partial charge in [0.15, 0.2) is 0 Å². The van der Waals surface area contributed by atoms with Crippen molar-refractivity contribution in [3.8, 4) is 0 Å². The van der Waals surface area contributed by atoms with E-state index in [1.807, 2.05) is 31.3 Å². The molecule has 0 fully saturated rings. The second kappa shape index (κ2) is 14.3. The van der Waals surface area contributed by atoms with E-state index in [9.17, 15) is 4.79 Å². The molecule has 0 aliphatic rings. The SMILES string of the molecule is CC(=CCC(O[Si](c1ccccc1)(c1ccccc1)C(C)(C)C)C(C)=Cc1ccccn1)CCCC(C)C=O. The van der Waals surface area contributed by atoms with Crippen LogP contribution in [0.5, 0.6) is 0 Å². The van der Waals surface area contributed by atoms with E-state index < -0.39 is 8.32 Å². The average molecular weight is 540 g/mol. The molecular formula is C35H45NO2Si. The van der Waals surface area contributed by atoms with Crippen molar-refractivity contribution in [1.82, 2.24) is 4.98 Å². The van der Waals surface area contributed by atoms with Gasteiger partial charge in [0.1, 0.15) is 6.29 Å². The van der Waals surface area contributed by atoms with Crippen molar-refractivity contribution >= 4 is 31.1 Å². The van der Waals surface area contributed by atoms with Gasteiger partial charge in [-0.15, -0.1) is 0 Å². The third kappa shape index (κ3) is 8.20. The summed E-state index contributed by atoms with van der Waals surface area (Å²) in [7, 11) is -2.74. The number of pyridine rings is 1. The number of aldehydes is 1. The first-order valence-corrected chi connectivity index (χ1v) is 16.1. The molecule has 2 unspecified atom stereocenters. The van der Waals surface area contributed by atoms with E-state index in [0.717, 1.165) is 37.7 Å². The molecule has 39 heavy (non-hydrogen) atoms. The molecule has 0 aliphatic carbocycles. The number of benzene rings is 2. The lowest BCUT2D eigenvalue weighted by Gasteiger charge is -2.45. The zero-order valence-electron chi connectivity index (χ0n) is 24.6. The number of allylic oxidation sites excluding steroid dienone is 1. The highest BCUT2D eigenvalue weighted by molar-refractivity contribution is 6.99. The van der Waals surface area contributed by atoms with E-state index in [1.165, 1.54) is 21.5 Å². The van der Waals surface area contributed by atoms with Crippen molar-refractivity contribution in [1.29, 1.82) is 0 Å². The number of carbonyl (C=O) groups is 1. The molecule has 2 atom stereocenters. The quantitative estimate of drug-likeness (QED) is 0.126. The highest BCUT2D eigenvalue weighted by Gasteiger charge is 2.51. The Balaban J connectivity index is 2.06. The molecule has 0 radical (unpaired) electrons. The van der Waals surface area contributed by atoms with Crippen LogP contribution in [0.3, 0.4) is 0 Å². The van der Waals surface area contributed by atoms with Gasteiger partial charge in [0.2, 0.25) is 0 Å². The zero-order valence-corrected chi connectivity index (χ0v) is 25.6. The second-order valence-electron chi connectivity index (χ2n) is 11.7.